The standard InChI is InChI=1S/C24H19ClN2O2/c25-18-5-3-6-20(13-18)27-14-17(12-23(27)28)24(29)26-19-8-9-22-16(11-19)10-15-4-1-2-7-21(15)22/h1-9,11,13,17H,10,12,14H2,(H,26,29). The van der Waals surface area contributed by atoms with Gasteiger partial charge in [0.15, 0.2) is 0 Å². The predicted molar refractivity (Wildman–Crippen MR) is 115 cm³/mol. The Morgan fingerprint density at radius 2 is 1.79 bits per heavy atom. The van der Waals surface area contributed by atoms with E-state index in [0.29, 0.717) is 11.6 Å². The summed E-state index contributed by atoms with van der Waals surface area (Å²) in [5.74, 6) is -0.568. The van der Waals surface area contributed by atoms with Gasteiger partial charge in [-0.15, -0.1) is 0 Å². The topological polar surface area (TPSA) is 49.4 Å². The summed E-state index contributed by atoms with van der Waals surface area (Å²) in [6.45, 7) is 0.362. The Labute approximate surface area is 174 Å². The van der Waals surface area contributed by atoms with Gasteiger partial charge in [0.05, 0.1) is 5.92 Å². The number of nitrogens with one attached hydrogen (secondary N) is 1. The highest BCUT2D eigenvalue weighted by Crippen LogP contribution is 2.37. The minimum Gasteiger partial charge on any atom is -0.326 e. The maximum atomic E-state index is 12.8. The zero-order valence-corrected chi connectivity index (χ0v) is 16.4. The first kappa shape index (κ1) is 18.0. The monoisotopic (exact) mass is 402 g/mol. The molecule has 5 rings (SSSR count). The molecule has 1 saturated heterocycles. The smallest absolute Gasteiger partial charge is 0.229 e. The van der Waals surface area contributed by atoms with Gasteiger partial charge in [0.2, 0.25) is 11.8 Å². The maximum Gasteiger partial charge on any atom is 0.229 e. The molecule has 1 N–H and O–H groups in total. The third kappa shape index (κ3) is 3.30. The molecule has 1 aliphatic carbocycles. The summed E-state index contributed by atoms with van der Waals surface area (Å²) >= 11 is 6.04. The molecule has 0 saturated carbocycles. The number of rotatable bonds is 3. The summed E-state index contributed by atoms with van der Waals surface area (Å²) in [5, 5.41) is 3.57. The van der Waals surface area contributed by atoms with Gasteiger partial charge in [-0.3, -0.25) is 9.59 Å². The summed E-state index contributed by atoms with van der Waals surface area (Å²) in [5.41, 5.74) is 6.51. The van der Waals surface area contributed by atoms with Crippen LogP contribution in [0.5, 0.6) is 0 Å². The van der Waals surface area contributed by atoms with Crippen LogP contribution in [0.1, 0.15) is 17.5 Å². The summed E-state index contributed by atoms with van der Waals surface area (Å²) < 4.78 is 0. The normalized spacial score (nSPS) is 17.2. The minimum absolute atomic E-state index is 0.0585. The highest BCUT2D eigenvalue weighted by atomic mass is 35.5. The maximum absolute atomic E-state index is 12.8. The predicted octanol–water partition coefficient (Wildman–Crippen LogP) is 4.90. The largest absolute Gasteiger partial charge is 0.326 e. The van der Waals surface area contributed by atoms with E-state index in [0.717, 1.165) is 17.8 Å². The van der Waals surface area contributed by atoms with Crippen LogP contribution in [0.3, 0.4) is 0 Å². The molecule has 5 heteroatoms. The molecule has 29 heavy (non-hydrogen) atoms. The molecule has 0 spiro atoms. The zero-order chi connectivity index (χ0) is 20.0. The third-order valence-electron chi connectivity index (χ3n) is 5.68. The Balaban J connectivity index is 1.30. The summed E-state index contributed by atoms with van der Waals surface area (Å²) in [6, 6.07) is 21.6. The van der Waals surface area contributed by atoms with Crippen molar-refractivity contribution in [2.75, 3.05) is 16.8 Å². The molecule has 0 radical (unpaired) electrons. The van der Waals surface area contributed by atoms with Gasteiger partial charge in [0.1, 0.15) is 0 Å². The lowest BCUT2D eigenvalue weighted by molar-refractivity contribution is -0.122. The number of carbonyl (C=O) groups is 2. The average molecular weight is 403 g/mol. The number of hydrogen-bond donors (Lipinski definition) is 1. The van der Waals surface area contributed by atoms with E-state index < -0.39 is 0 Å². The van der Waals surface area contributed by atoms with Gasteiger partial charge in [-0.1, -0.05) is 48.0 Å². The number of carbonyl (C=O) groups excluding carboxylic acids is 2. The van der Waals surface area contributed by atoms with Crippen molar-refractivity contribution in [1.82, 2.24) is 0 Å². The fourth-order valence-electron chi connectivity index (χ4n) is 4.24. The second kappa shape index (κ2) is 7.05. The van der Waals surface area contributed by atoms with Crippen LogP contribution in [0, 0.1) is 5.92 Å². The van der Waals surface area contributed by atoms with Crippen LogP contribution < -0.4 is 10.2 Å². The van der Waals surface area contributed by atoms with E-state index in [1.807, 2.05) is 24.3 Å². The van der Waals surface area contributed by atoms with E-state index in [9.17, 15) is 9.59 Å². The first-order valence-electron chi connectivity index (χ1n) is 9.66. The minimum atomic E-state index is -0.382. The number of nitrogens with zero attached hydrogens (tertiary/aromatic N) is 1. The molecule has 0 bridgehead atoms. The molecule has 4 nitrogen and oxygen atoms in total. The van der Waals surface area contributed by atoms with Gasteiger partial charge in [-0.05, 0) is 59.0 Å². The Morgan fingerprint density at radius 3 is 2.66 bits per heavy atom. The van der Waals surface area contributed by atoms with Crippen molar-refractivity contribution in [2.45, 2.75) is 12.8 Å². The van der Waals surface area contributed by atoms with Crippen molar-refractivity contribution in [3.8, 4) is 11.1 Å². The van der Waals surface area contributed by atoms with E-state index in [1.54, 1.807) is 23.1 Å². The van der Waals surface area contributed by atoms with Crippen molar-refractivity contribution < 1.29 is 9.59 Å². The first-order valence-corrected chi connectivity index (χ1v) is 10.0. The van der Waals surface area contributed by atoms with Crippen molar-refractivity contribution in [1.29, 1.82) is 0 Å². The number of fused-ring (bicyclic) bond motifs is 3. The first-order chi connectivity index (χ1) is 14.1. The third-order valence-corrected chi connectivity index (χ3v) is 5.91. The van der Waals surface area contributed by atoms with Crippen LogP contribution in [-0.4, -0.2) is 18.4 Å². The SMILES string of the molecule is O=C(Nc1ccc2c(c1)Cc1ccccc1-2)C1CC(=O)N(c2cccc(Cl)c2)C1. The number of hydrogen-bond acceptors (Lipinski definition) is 2. The highest BCUT2D eigenvalue weighted by molar-refractivity contribution is 6.31. The fourth-order valence-corrected chi connectivity index (χ4v) is 4.43. The quantitative estimate of drug-likeness (QED) is 0.529. The number of halogens is 1. The molecule has 1 heterocycles. The van der Waals surface area contributed by atoms with E-state index in [-0.39, 0.29) is 24.2 Å². The number of anilines is 2. The molecule has 144 valence electrons. The summed E-state index contributed by atoms with van der Waals surface area (Å²) in [4.78, 5) is 26.9. The lowest BCUT2D eigenvalue weighted by Gasteiger charge is -2.17. The molecule has 2 aliphatic rings. The number of amides is 2. The average Bonchev–Trinajstić information content (AvgIpc) is 3.28. The van der Waals surface area contributed by atoms with Gasteiger partial charge < -0.3 is 10.2 Å². The highest BCUT2D eigenvalue weighted by Gasteiger charge is 2.35. The van der Waals surface area contributed by atoms with E-state index >= 15 is 0 Å². The van der Waals surface area contributed by atoms with Crippen LogP contribution >= 0.6 is 11.6 Å². The van der Waals surface area contributed by atoms with Gasteiger partial charge in [-0.2, -0.15) is 0 Å². The number of benzene rings is 3. The Morgan fingerprint density at radius 1 is 0.966 bits per heavy atom. The second-order valence-electron chi connectivity index (χ2n) is 7.58. The Bertz CT molecular complexity index is 1140. The molecule has 2 amide bonds. The van der Waals surface area contributed by atoms with Gasteiger partial charge in [-0.25, -0.2) is 0 Å². The van der Waals surface area contributed by atoms with Crippen LogP contribution in [0.15, 0.2) is 66.7 Å². The van der Waals surface area contributed by atoms with Crippen molar-refractivity contribution >= 4 is 34.8 Å². The molecule has 3 aromatic rings. The molecule has 1 fully saturated rings. The fraction of sp³-hybridized carbons (Fsp3) is 0.167. The molecule has 1 atom stereocenters. The van der Waals surface area contributed by atoms with Crippen LogP contribution in [0.25, 0.3) is 11.1 Å². The molecule has 0 aromatic heterocycles. The Kier molecular flexibility index (Phi) is 4.36. The Hall–Kier alpha value is -3.11. The molecular formula is C24H19ClN2O2. The summed E-state index contributed by atoms with van der Waals surface area (Å²) in [6.07, 6.45) is 1.08. The molecule has 3 aromatic carbocycles. The van der Waals surface area contributed by atoms with Gasteiger partial charge in [0.25, 0.3) is 0 Å². The van der Waals surface area contributed by atoms with E-state index in [1.165, 1.54) is 22.3 Å². The second-order valence-corrected chi connectivity index (χ2v) is 8.02. The van der Waals surface area contributed by atoms with Crippen LogP contribution in [-0.2, 0) is 16.0 Å². The van der Waals surface area contributed by atoms with Crippen molar-refractivity contribution in [3.05, 3.63) is 82.9 Å². The van der Waals surface area contributed by atoms with E-state index in [4.69, 9.17) is 11.6 Å². The van der Waals surface area contributed by atoms with E-state index in [2.05, 4.69) is 29.6 Å². The van der Waals surface area contributed by atoms with Gasteiger partial charge >= 0.3 is 0 Å². The zero-order valence-electron chi connectivity index (χ0n) is 15.7. The molecule has 1 unspecified atom stereocenters. The molecular weight excluding hydrogens is 384 g/mol. The van der Waals surface area contributed by atoms with Crippen LogP contribution in [0.4, 0.5) is 11.4 Å². The summed E-state index contributed by atoms with van der Waals surface area (Å²) in [7, 11) is 0. The lowest BCUT2D eigenvalue weighted by atomic mass is 10.0. The van der Waals surface area contributed by atoms with Crippen molar-refractivity contribution in [2.24, 2.45) is 5.92 Å². The van der Waals surface area contributed by atoms with Gasteiger partial charge in [0, 0.05) is 29.4 Å². The van der Waals surface area contributed by atoms with Crippen LogP contribution in [0.2, 0.25) is 5.02 Å². The lowest BCUT2D eigenvalue weighted by Crippen LogP contribution is -2.28. The van der Waals surface area contributed by atoms with Crippen molar-refractivity contribution in [3.63, 3.8) is 0 Å². The molecule has 1 aliphatic heterocycles.